The maximum absolute atomic E-state index is 11.6. The number of allylic oxidation sites excluding steroid dienone is 16. The van der Waals surface area contributed by atoms with Gasteiger partial charge < -0.3 is 9.84 Å². The van der Waals surface area contributed by atoms with Crippen LogP contribution >= 0.6 is 11.8 Å². The van der Waals surface area contributed by atoms with Crippen molar-refractivity contribution in [3.8, 4) is 0 Å². The molecule has 2 nitrogen and oxygen atoms in total. The van der Waals surface area contributed by atoms with Crippen molar-refractivity contribution in [1.29, 1.82) is 0 Å². The molecule has 3 heteroatoms. The smallest absolute Gasteiger partial charge is 0.132 e. The second kappa shape index (κ2) is 14.0. The summed E-state index contributed by atoms with van der Waals surface area (Å²) < 4.78 is 5.85. The SMILES string of the molecule is C\C=C/C=C(C)\C(=C\C)SC1=CC/C(=C(O)\C=C2/CC3=C(C=CC=CC3)CC23CCC(CC)(CC)CC3)C=C1OC. The van der Waals surface area contributed by atoms with Gasteiger partial charge in [0.25, 0.3) is 0 Å². The Morgan fingerprint density at radius 2 is 1.83 bits per heavy atom. The lowest BCUT2D eigenvalue weighted by Gasteiger charge is -2.50. The van der Waals surface area contributed by atoms with Crippen LogP contribution in [0.15, 0.2) is 116 Å². The van der Waals surface area contributed by atoms with E-state index in [1.54, 1.807) is 18.9 Å². The highest BCUT2D eigenvalue weighted by molar-refractivity contribution is 8.07. The van der Waals surface area contributed by atoms with E-state index < -0.39 is 0 Å². The molecule has 0 unspecified atom stereocenters. The molecule has 0 amide bonds. The third-order valence-electron chi connectivity index (χ3n) is 10.1. The van der Waals surface area contributed by atoms with Crippen LogP contribution in [0.5, 0.6) is 0 Å². The maximum atomic E-state index is 11.6. The number of aliphatic hydroxyl groups excluding tert-OH is 1. The monoisotopic (exact) mass is 570 g/mol. The highest BCUT2D eigenvalue weighted by atomic mass is 32.2. The number of ether oxygens (including phenoxy) is 1. The summed E-state index contributed by atoms with van der Waals surface area (Å²) in [6, 6.07) is 0. The minimum atomic E-state index is 0.146. The highest BCUT2D eigenvalue weighted by Crippen LogP contribution is 2.58. The lowest BCUT2D eigenvalue weighted by molar-refractivity contribution is 0.0882. The van der Waals surface area contributed by atoms with Crippen LogP contribution in [-0.2, 0) is 4.74 Å². The molecule has 0 aromatic carbocycles. The van der Waals surface area contributed by atoms with Gasteiger partial charge >= 0.3 is 0 Å². The number of hydrogen-bond donors (Lipinski definition) is 1. The van der Waals surface area contributed by atoms with Crippen molar-refractivity contribution in [1.82, 2.24) is 0 Å². The Morgan fingerprint density at radius 3 is 2.49 bits per heavy atom. The fourth-order valence-corrected chi connectivity index (χ4v) is 7.97. The molecule has 220 valence electrons. The average Bonchev–Trinajstić information content (AvgIpc) is 3.24. The van der Waals surface area contributed by atoms with Crippen molar-refractivity contribution >= 4 is 11.8 Å². The minimum absolute atomic E-state index is 0.146. The van der Waals surface area contributed by atoms with Gasteiger partial charge in [0.2, 0.25) is 0 Å². The molecule has 1 spiro atoms. The van der Waals surface area contributed by atoms with Crippen molar-refractivity contribution in [2.45, 2.75) is 98.8 Å². The molecule has 1 saturated carbocycles. The Hall–Kier alpha value is -2.65. The molecule has 0 heterocycles. The lowest BCUT2D eigenvalue weighted by Crippen LogP contribution is -2.37. The quantitative estimate of drug-likeness (QED) is 0.232. The molecule has 0 atom stereocenters. The first-order valence-corrected chi connectivity index (χ1v) is 16.4. The normalized spacial score (nSPS) is 24.9. The summed E-state index contributed by atoms with van der Waals surface area (Å²) in [4.78, 5) is 2.31. The second-order valence-electron chi connectivity index (χ2n) is 12.2. The molecule has 0 aliphatic heterocycles. The van der Waals surface area contributed by atoms with E-state index in [1.165, 1.54) is 65.7 Å². The molecule has 0 bridgehead atoms. The summed E-state index contributed by atoms with van der Waals surface area (Å²) in [6.07, 6.45) is 35.1. The van der Waals surface area contributed by atoms with E-state index in [1.807, 2.05) is 19.1 Å². The van der Waals surface area contributed by atoms with Crippen LogP contribution in [0.4, 0.5) is 0 Å². The minimum Gasteiger partial charge on any atom is -0.508 e. The van der Waals surface area contributed by atoms with Gasteiger partial charge in [0, 0.05) is 10.5 Å². The molecule has 1 N–H and O–H groups in total. The van der Waals surface area contributed by atoms with Gasteiger partial charge in [-0.1, -0.05) is 104 Å². The van der Waals surface area contributed by atoms with Crippen LogP contribution in [-0.4, -0.2) is 12.2 Å². The molecule has 4 rings (SSSR count). The topological polar surface area (TPSA) is 29.5 Å². The number of thioether (sulfide) groups is 1. The molecular weight excluding hydrogens is 520 g/mol. The van der Waals surface area contributed by atoms with Gasteiger partial charge in [0.05, 0.1) is 12.0 Å². The van der Waals surface area contributed by atoms with E-state index in [9.17, 15) is 5.11 Å². The van der Waals surface area contributed by atoms with Gasteiger partial charge in [-0.3, -0.25) is 0 Å². The number of hydrogen-bond acceptors (Lipinski definition) is 3. The van der Waals surface area contributed by atoms with E-state index in [0.29, 0.717) is 17.6 Å². The molecule has 41 heavy (non-hydrogen) atoms. The molecule has 4 aliphatic rings. The van der Waals surface area contributed by atoms with Crippen LogP contribution < -0.4 is 0 Å². The lowest BCUT2D eigenvalue weighted by atomic mass is 9.55. The van der Waals surface area contributed by atoms with Crippen LogP contribution in [0.1, 0.15) is 98.8 Å². The highest BCUT2D eigenvalue weighted by Gasteiger charge is 2.45. The van der Waals surface area contributed by atoms with E-state index in [-0.39, 0.29) is 5.41 Å². The number of aliphatic hydroxyl groups is 1. The second-order valence-corrected chi connectivity index (χ2v) is 13.2. The van der Waals surface area contributed by atoms with Gasteiger partial charge in [-0.15, -0.1) is 0 Å². The first-order chi connectivity index (χ1) is 19.8. The third kappa shape index (κ3) is 7.05. The van der Waals surface area contributed by atoms with Gasteiger partial charge in [-0.25, -0.2) is 0 Å². The molecule has 0 radical (unpaired) electrons. The average molecular weight is 571 g/mol. The first-order valence-electron chi connectivity index (χ1n) is 15.6. The van der Waals surface area contributed by atoms with E-state index >= 15 is 0 Å². The summed E-state index contributed by atoms with van der Waals surface area (Å²) in [5.74, 6) is 1.21. The molecular formula is C38H50O2S. The molecule has 0 saturated heterocycles. The summed E-state index contributed by atoms with van der Waals surface area (Å²) in [5.41, 5.74) is 7.27. The Balaban J connectivity index is 1.65. The largest absolute Gasteiger partial charge is 0.508 e. The third-order valence-corrected chi connectivity index (χ3v) is 11.4. The zero-order valence-corrected chi connectivity index (χ0v) is 27.0. The Kier molecular flexibility index (Phi) is 10.7. The Labute approximate surface area is 253 Å². The summed E-state index contributed by atoms with van der Waals surface area (Å²) in [7, 11) is 1.73. The summed E-state index contributed by atoms with van der Waals surface area (Å²) in [6.45, 7) is 11.0. The first kappa shape index (κ1) is 31.3. The summed E-state index contributed by atoms with van der Waals surface area (Å²) >= 11 is 1.73. The standard InChI is InChI=1S/C38H50O2S/c1-7-11-15-28(5)35(8-2)41-36-19-18-30(25-34(36)40-6)33(39)26-32-24-29-16-13-12-14-17-31(29)27-38(32)22-20-37(9-3,10-4)21-23-38/h7-8,11-15,17,19,25-26,39H,9-10,16,18,20-24,27H2,1-6H3/b11-7-,28-15-,32-26+,33-30-,35-8-. The van der Waals surface area contributed by atoms with Crippen LogP contribution in [0.3, 0.4) is 0 Å². The predicted octanol–water partition coefficient (Wildman–Crippen LogP) is 11.7. The fraction of sp³-hybridized carbons (Fsp3) is 0.474. The number of rotatable bonds is 8. The molecule has 1 fully saturated rings. The van der Waals surface area contributed by atoms with Gasteiger partial charge in [0.15, 0.2) is 0 Å². The van der Waals surface area contributed by atoms with Gasteiger partial charge in [-0.2, -0.15) is 0 Å². The zero-order valence-electron chi connectivity index (χ0n) is 26.2. The predicted molar refractivity (Wildman–Crippen MR) is 179 cm³/mol. The molecule has 4 aliphatic carbocycles. The van der Waals surface area contributed by atoms with E-state index in [0.717, 1.165) is 35.5 Å². The Bertz CT molecular complexity index is 1290. The fourth-order valence-electron chi connectivity index (χ4n) is 6.98. The van der Waals surface area contributed by atoms with Crippen molar-refractivity contribution in [3.63, 3.8) is 0 Å². The Morgan fingerprint density at radius 1 is 1.07 bits per heavy atom. The number of methoxy groups -OCH3 is 1. The van der Waals surface area contributed by atoms with E-state index in [4.69, 9.17) is 4.74 Å². The maximum Gasteiger partial charge on any atom is 0.132 e. The van der Waals surface area contributed by atoms with Crippen LogP contribution in [0.2, 0.25) is 0 Å². The van der Waals surface area contributed by atoms with Crippen LogP contribution in [0.25, 0.3) is 0 Å². The van der Waals surface area contributed by atoms with E-state index in [2.05, 4.69) is 82.4 Å². The van der Waals surface area contributed by atoms with Crippen molar-refractivity contribution in [3.05, 3.63) is 116 Å². The van der Waals surface area contributed by atoms with Gasteiger partial charge in [0.1, 0.15) is 11.5 Å². The van der Waals surface area contributed by atoms with Crippen molar-refractivity contribution in [2.75, 3.05) is 7.11 Å². The summed E-state index contributed by atoms with van der Waals surface area (Å²) in [5, 5.41) is 11.6. The van der Waals surface area contributed by atoms with Crippen molar-refractivity contribution in [2.24, 2.45) is 10.8 Å². The molecule has 0 aromatic rings. The van der Waals surface area contributed by atoms with Crippen molar-refractivity contribution < 1.29 is 9.84 Å². The zero-order chi connectivity index (χ0) is 29.5. The molecule has 0 aromatic heterocycles. The van der Waals surface area contributed by atoms with Crippen LogP contribution in [0, 0.1) is 10.8 Å². The van der Waals surface area contributed by atoms with Gasteiger partial charge in [-0.05, 0) is 106 Å².